The van der Waals surface area contributed by atoms with E-state index in [0.717, 1.165) is 17.5 Å². The van der Waals surface area contributed by atoms with Crippen LogP contribution in [0.5, 0.6) is 0 Å². The number of benzene rings is 3. The number of hydrogen-bond acceptors (Lipinski definition) is 3. The lowest BCUT2D eigenvalue weighted by molar-refractivity contribution is 0.0975. The Hall–Kier alpha value is -3.58. The van der Waals surface area contributed by atoms with Crippen molar-refractivity contribution in [1.29, 1.82) is 5.26 Å². The van der Waals surface area contributed by atoms with Gasteiger partial charge >= 0.3 is 6.09 Å². The molecule has 0 aromatic heterocycles. The van der Waals surface area contributed by atoms with Crippen LogP contribution < -0.4 is 5.32 Å². The summed E-state index contributed by atoms with van der Waals surface area (Å²) in [5.41, 5.74) is 4.56. The predicted octanol–water partition coefficient (Wildman–Crippen LogP) is 5.50. The molecule has 0 unspecified atom stereocenters. The molecule has 0 heterocycles. The van der Waals surface area contributed by atoms with Crippen LogP contribution in [0.4, 0.5) is 10.5 Å². The summed E-state index contributed by atoms with van der Waals surface area (Å²) in [7, 11) is 0. The van der Waals surface area contributed by atoms with E-state index < -0.39 is 6.09 Å². The van der Waals surface area contributed by atoms with Crippen LogP contribution in [0.3, 0.4) is 0 Å². The van der Waals surface area contributed by atoms with Crippen LogP contribution in [0.2, 0.25) is 0 Å². The predicted molar refractivity (Wildman–Crippen MR) is 113 cm³/mol. The Balaban J connectivity index is 1.59. The molecule has 3 aromatic rings. The Morgan fingerprint density at radius 3 is 2.48 bits per heavy atom. The van der Waals surface area contributed by atoms with Gasteiger partial charge in [0.2, 0.25) is 0 Å². The van der Waals surface area contributed by atoms with Crippen LogP contribution in [0, 0.1) is 16.7 Å². The maximum Gasteiger partial charge on any atom is 0.411 e. The number of nitrogens with one attached hydrogen (secondary N) is 1. The molecule has 1 aliphatic carbocycles. The molecule has 4 rings (SSSR count). The van der Waals surface area contributed by atoms with Crippen molar-refractivity contribution in [3.8, 4) is 6.07 Å². The third kappa shape index (κ3) is 3.86. The average molecular weight is 382 g/mol. The fraction of sp³-hybridized carbons (Fsp3) is 0.200. The Labute approximate surface area is 170 Å². The first-order valence-corrected chi connectivity index (χ1v) is 9.66. The lowest BCUT2D eigenvalue weighted by Gasteiger charge is -2.32. The number of para-hydroxylation sites is 1. The first-order chi connectivity index (χ1) is 14.1. The highest BCUT2D eigenvalue weighted by Gasteiger charge is 2.44. The number of rotatable bonds is 4. The van der Waals surface area contributed by atoms with Crippen molar-refractivity contribution in [3.05, 3.63) is 101 Å². The minimum Gasteiger partial charge on any atom is -0.449 e. The fourth-order valence-corrected chi connectivity index (χ4v) is 4.27. The average Bonchev–Trinajstić information content (AvgIpc) is 3.05. The quantitative estimate of drug-likeness (QED) is 0.648. The second kappa shape index (κ2) is 7.81. The number of ether oxygens (including phenoxy) is 1. The van der Waals surface area contributed by atoms with Gasteiger partial charge in [-0.25, -0.2) is 4.79 Å². The topological polar surface area (TPSA) is 62.1 Å². The van der Waals surface area contributed by atoms with Crippen molar-refractivity contribution in [3.63, 3.8) is 0 Å². The summed E-state index contributed by atoms with van der Waals surface area (Å²) in [5, 5.41) is 12.1. The van der Waals surface area contributed by atoms with Gasteiger partial charge in [-0.3, -0.25) is 5.32 Å². The first-order valence-electron chi connectivity index (χ1n) is 9.66. The zero-order valence-corrected chi connectivity index (χ0v) is 16.3. The van der Waals surface area contributed by atoms with Crippen LogP contribution in [-0.4, -0.2) is 12.7 Å². The highest BCUT2D eigenvalue weighted by atomic mass is 16.5. The SMILES string of the molecule is C[C@]1(COC(=O)Nc2ccccc2)Cc2ccc(C#N)cc2[C@H]1c1ccccc1. The number of carbonyl (C=O) groups excluding carboxylic acids is 1. The van der Waals surface area contributed by atoms with Crippen molar-refractivity contribution in [2.75, 3.05) is 11.9 Å². The monoisotopic (exact) mass is 382 g/mol. The number of carbonyl (C=O) groups is 1. The minimum atomic E-state index is -0.460. The van der Waals surface area contributed by atoms with E-state index in [2.05, 4.69) is 30.4 Å². The molecular formula is C25H22N2O2. The molecule has 4 nitrogen and oxygen atoms in total. The number of nitriles is 1. The molecule has 1 amide bonds. The summed E-state index contributed by atoms with van der Waals surface area (Å²) in [6.45, 7) is 2.42. The highest BCUT2D eigenvalue weighted by Crippen LogP contribution is 2.51. The molecular weight excluding hydrogens is 360 g/mol. The maximum absolute atomic E-state index is 12.4. The minimum absolute atomic E-state index is 0.0523. The van der Waals surface area contributed by atoms with E-state index in [1.54, 1.807) is 0 Å². The molecule has 0 bridgehead atoms. The Bertz CT molecular complexity index is 1060. The Kier molecular flexibility index (Phi) is 5.05. The van der Waals surface area contributed by atoms with E-state index >= 15 is 0 Å². The van der Waals surface area contributed by atoms with Crippen molar-refractivity contribution in [2.45, 2.75) is 19.3 Å². The molecule has 0 saturated carbocycles. The van der Waals surface area contributed by atoms with Gasteiger partial charge in [-0.15, -0.1) is 0 Å². The zero-order chi connectivity index (χ0) is 20.3. The summed E-state index contributed by atoms with van der Waals surface area (Å²) in [4.78, 5) is 12.4. The standard InChI is InChI=1S/C25H22N2O2/c1-25(17-29-24(28)27-21-10-6-3-7-11-21)15-20-13-12-18(16-26)14-22(20)23(25)19-8-4-2-5-9-19/h2-14,23H,15,17H2,1H3,(H,27,28)/t23-,25-/m1/s1. The molecule has 1 N–H and O–H groups in total. The third-order valence-electron chi connectivity index (χ3n) is 5.56. The summed E-state index contributed by atoms with van der Waals surface area (Å²) < 4.78 is 5.66. The lowest BCUT2D eigenvalue weighted by Crippen LogP contribution is -2.31. The summed E-state index contributed by atoms with van der Waals surface area (Å²) >= 11 is 0. The molecule has 0 spiro atoms. The van der Waals surface area contributed by atoms with Crippen molar-refractivity contribution in [2.24, 2.45) is 5.41 Å². The molecule has 1 aliphatic rings. The van der Waals surface area contributed by atoms with E-state index in [-0.39, 0.29) is 17.9 Å². The molecule has 0 fully saturated rings. The second-order valence-electron chi connectivity index (χ2n) is 7.77. The number of hydrogen-bond donors (Lipinski definition) is 1. The molecule has 2 atom stereocenters. The van der Waals surface area contributed by atoms with Crippen LogP contribution in [-0.2, 0) is 11.2 Å². The van der Waals surface area contributed by atoms with E-state index in [9.17, 15) is 10.1 Å². The number of amides is 1. The van der Waals surface area contributed by atoms with E-state index in [0.29, 0.717) is 11.3 Å². The van der Waals surface area contributed by atoms with Crippen molar-refractivity contribution >= 4 is 11.8 Å². The Morgan fingerprint density at radius 1 is 1.10 bits per heavy atom. The maximum atomic E-state index is 12.4. The van der Waals surface area contributed by atoms with Gasteiger partial charge in [-0.05, 0) is 47.4 Å². The molecule has 3 aromatic carbocycles. The van der Waals surface area contributed by atoms with Crippen molar-refractivity contribution in [1.82, 2.24) is 0 Å². The van der Waals surface area contributed by atoms with Gasteiger partial charge in [0, 0.05) is 17.0 Å². The van der Waals surface area contributed by atoms with Crippen LogP contribution in [0.25, 0.3) is 0 Å². The molecule has 0 radical (unpaired) electrons. The summed E-state index contributed by atoms with van der Waals surface area (Å²) in [5.74, 6) is 0.0523. The molecule has 4 heteroatoms. The molecule has 29 heavy (non-hydrogen) atoms. The third-order valence-corrected chi connectivity index (χ3v) is 5.56. The molecule has 0 aliphatic heterocycles. The van der Waals surface area contributed by atoms with Gasteiger partial charge in [-0.2, -0.15) is 5.26 Å². The van der Waals surface area contributed by atoms with Crippen LogP contribution in [0.1, 0.15) is 35.1 Å². The number of fused-ring (bicyclic) bond motifs is 1. The van der Waals surface area contributed by atoms with Crippen molar-refractivity contribution < 1.29 is 9.53 Å². The van der Waals surface area contributed by atoms with Crippen LogP contribution in [0.15, 0.2) is 78.9 Å². The smallest absolute Gasteiger partial charge is 0.411 e. The number of nitrogens with zero attached hydrogens (tertiary/aromatic N) is 1. The fourth-order valence-electron chi connectivity index (χ4n) is 4.27. The Morgan fingerprint density at radius 2 is 1.79 bits per heavy atom. The zero-order valence-electron chi connectivity index (χ0n) is 16.3. The normalized spacial score (nSPS) is 19.8. The van der Waals surface area contributed by atoms with Gasteiger partial charge in [0.25, 0.3) is 0 Å². The summed E-state index contributed by atoms with van der Waals surface area (Å²) in [6, 6.07) is 27.6. The van der Waals surface area contributed by atoms with Gasteiger partial charge in [0.15, 0.2) is 0 Å². The van der Waals surface area contributed by atoms with Gasteiger partial charge in [-0.1, -0.05) is 61.5 Å². The van der Waals surface area contributed by atoms with E-state index in [4.69, 9.17) is 4.74 Å². The first kappa shape index (κ1) is 18.8. The van der Waals surface area contributed by atoms with Gasteiger partial charge < -0.3 is 4.74 Å². The lowest BCUT2D eigenvalue weighted by atomic mass is 9.74. The van der Waals surface area contributed by atoms with Crippen LogP contribution >= 0.6 is 0 Å². The van der Waals surface area contributed by atoms with E-state index in [1.807, 2.05) is 66.7 Å². The van der Waals surface area contributed by atoms with Gasteiger partial charge in [0.1, 0.15) is 0 Å². The largest absolute Gasteiger partial charge is 0.449 e. The van der Waals surface area contributed by atoms with E-state index in [1.165, 1.54) is 5.56 Å². The molecule has 0 saturated heterocycles. The molecule has 144 valence electrons. The summed E-state index contributed by atoms with van der Waals surface area (Å²) in [6.07, 6.45) is 0.324. The second-order valence-corrected chi connectivity index (χ2v) is 7.77. The number of anilines is 1. The highest BCUT2D eigenvalue weighted by molar-refractivity contribution is 5.84. The van der Waals surface area contributed by atoms with Gasteiger partial charge in [0.05, 0.1) is 18.2 Å².